The van der Waals surface area contributed by atoms with Gasteiger partial charge in [0.2, 0.25) is 11.9 Å². The zero-order valence-corrected chi connectivity index (χ0v) is 23.0. The summed E-state index contributed by atoms with van der Waals surface area (Å²) in [6.07, 6.45) is 11.4. The Morgan fingerprint density at radius 2 is 1.76 bits per heavy atom. The predicted octanol–water partition coefficient (Wildman–Crippen LogP) is 5.84. The lowest BCUT2D eigenvalue weighted by Gasteiger charge is -2.30. The first kappa shape index (κ1) is 24.8. The largest absolute Gasteiger partial charge is 0.324 e. The minimum Gasteiger partial charge on any atom is -0.324 e. The molecule has 4 aliphatic rings. The smallest absolute Gasteiger partial charge is 0.239 e. The lowest BCUT2D eigenvalue weighted by molar-refractivity contribution is -0.120. The third kappa shape index (κ3) is 4.16. The third-order valence-electron chi connectivity index (χ3n) is 9.45. The highest BCUT2D eigenvalue weighted by atomic mass is 32.2. The number of rotatable bonds is 6. The van der Waals surface area contributed by atoms with Gasteiger partial charge in [-0.05, 0) is 93.9 Å². The van der Waals surface area contributed by atoms with Crippen molar-refractivity contribution in [3.05, 3.63) is 35.5 Å². The van der Waals surface area contributed by atoms with Crippen LogP contribution in [0.2, 0.25) is 0 Å². The summed E-state index contributed by atoms with van der Waals surface area (Å²) in [6.45, 7) is 6.37. The topological polar surface area (TPSA) is 92.3 Å². The number of aryl methyl sites for hydroxylation is 1. The average Bonchev–Trinajstić information content (AvgIpc) is 3.45. The molecule has 2 aromatic rings. The number of hydrogen-bond acceptors (Lipinski definition) is 6. The second-order valence-electron chi connectivity index (χ2n) is 12.1. The van der Waals surface area contributed by atoms with Crippen molar-refractivity contribution in [3.8, 4) is 0 Å². The number of anilines is 3. The van der Waals surface area contributed by atoms with Crippen molar-refractivity contribution in [3.63, 3.8) is 0 Å². The van der Waals surface area contributed by atoms with E-state index in [2.05, 4.69) is 24.1 Å². The van der Waals surface area contributed by atoms with Crippen LogP contribution in [-0.4, -0.2) is 35.6 Å². The van der Waals surface area contributed by atoms with Crippen LogP contribution >= 0.6 is 0 Å². The fourth-order valence-corrected chi connectivity index (χ4v) is 8.71. The standard InChI is InChI=1S/C29H38N4O3S/c1-18(2)20-8-10-22(11-9-20)37(35,36)23-12-13-25(19(3)16-23)31-28-30-17-24-26(32-28)33(21-6-4-5-7-21)27(34)29(24)14-15-29/h12-13,16-18,20-22H,4-11,14-15H2,1-3H3,(H,30,31,32). The minimum atomic E-state index is -3.36. The van der Waals surface area contributed by atoms with Gasteiger partial charge < -0.3 is 5.32 Å². The summed E-state index contributed by atoms with van der Waals surface area (Å²) in [7, 11) is -3.36. The van der Waals surface area contributed by atoms with E-state index < -0.39 is 15.3 Å². The van der Waals surface area contributed by atoms with Gasteiger partial charge in [-0.25, -0.2) is 13.4 Å². The van der Waals surface area contributed by atoms with Crippen molar-refractivity contribution < 1.29 is 13.2 Å². The van der Waals surface area contributed by atoms with Gasteiger partial charge in [0, 0.05) is 23.5 Å². The molecule has 0 atom stereocenters. The van der Waals surface area contributed by atoms with Crippen molar-refractivity contribution in [1.29, 1.82) is 0 Å². The Hall–Kier alpha value is -2.48. The zero-order chi connectivity index (χ0) is 25.9. The quantitative estimate of drug-likeness (QED) is 0.513. The normalized spacial score (nSPS) is 25.2. The fourth-order valence-electron chi connectivity index (χ4n) is 6.84. The molecule has 1 aliphatic heterocycles. The highest BCUT2D eigenvalue weighted by Crippen LogP contribution is 2.57. The fraction of sp³-hybridized carbons (Fsp3) is 0.621. The van der Waals surface area contributed by atoms with Crippen molar-refractivity contribution in [1.82, 2.24) is 9.97 Å². The van der Waals surface area contributed by atoms with Crippen molar-refractivity contribution in [2.45, 2.75) is 107 Å². The van der Waals surface area contributed by atoms with E-state index in [0.29, 0.717) is 22.7 Å². The molecule has 0 bridgehead atoms. The Bertz CT molecular complexity index is 1320. The summed E-state index contributed by atoms with van der Waals surface area (Å²) < 4.78 is 26.8. The van der Waals surface area contributed by atoms with Crippen LogP contribution in [0.25, 0.3) is 0 Å². The minimum absolute atomic E-state index is 0.203. The molecule has 37 heavy (non-hydrogen) atoms. The molecule has 2 heterocycles. The van der Waals surface area contributed by atoms with Gasteiger partial charge in [0.05, 0.1) is 15.6 Å². The van der Waals surface area contributed by atoms with Gasteiger partial charge >= 0.3 is 0 Å². The molecule has 0 radical (unpaired) electrons. The maximum Gasteiger partial charge on any atom is 0.239 e. The predicted molar refractivity (Wildman–Crippen MR) is 145 cm³/mol. The molecule has 8 heteroatoms. The summed E-state index contributed by atoms with van der Waals surface area (Å²) in [6, 6.07) is 5.53. The summed E-state index contributed by atoms with van der Waals surface area (Å²) in [5, 5.41) is 3.00. The Morgan fingerprint density at radius 1 is 1.05 bits per heavy atom. The molecule has 7 nitrogen and oxygen atoms in total. The molecular weight excluding hydrogens is 484 g/mol. The Balaban J connectivity index is 1.22. The van der Waals surface area contributed by atoms with Gasteiger partial charge in [-0.3, -0.25) is 9.69 Å². The summed E-state index contributed by atoms with van der Waals surface area (Å²) >= 11 is 0. The molecular formula is C29H38N4O3S. The number of nitrogens with zero attached hydrogens (tertiary/aromatic N) is 3. The maximum absolute atomic E-state index is 13.4. The van der Waals surface area contributed by atoms with Crippen molar-refractivity contribution in [2.24, 2.45) is 11.8 Å². The van der Waals surface area contributed by atoms with E-state index in [9.17, 15) is 13.2 Å². The molecule has 6 rings (SSSR count). The van der Waals surface area contributed by atoms with Crippen molar-refractivity contribution in [2.75, 3.05) is 10.2 Å². The summed E-state index contributed by atoms with van der Waals surface area (Å²) in [4.78, 5) is 25.1. The SMILES string of the molecule is Cc1cc(S(=O)(=O)C2CCC(C(C)C)CC2)ccc1Nc1ncc2c(n1)N(C1CCCC1)C(=O)C21CC1. The van der Waals surface area contributed by atoms with Crippen LogP contribution < -0.4 is 10.2 Å². The first-order chi connectivity index (χ1) is 17.7. The van der Waals surface area contributed by atoms with Gasteiger partial charge in [-0.2, -0.15) is 4.98 Å². The van der Waals surface area contributed by atoms with E-state index in [1.54, 1.807) is 12.1 Å². The zero-order valence-electron chi connectivity index (χ0n) is 22.2. The number of amides is 1. The molecule has 1 spiro atoms. The van der Waals surface area contributed by atoms with Gasteiger partial charge in [-0.1, -0.05) is 26.7 Å². The molecule has 0 saturated heterocycles. The lowest BCUT2D eigenvalue weighted by atomic mass is 9.81. The highest BCUT2D eigenvalue weighted by Gasteiger charge is 2.61. The molecule has 3 fully saturated rings. The maximum atomic E-state index is 13.4. The number of sulfone groups is 1. The number of benzene rings is 1. The monoisotopic (exact) mass is 522 g/mol. The van der Waals surface area contributed by atoms with Crippen LogP contribution in [0.5, 0.6) is 0 Å². The number of carbonyl (C=O) groups is 1. The number of nitrogens with one attached hydrogen (secondary N) is 1. The van der Waals surface area contributed by atoms with Crippen molar-refractivity contribution >= 4 is 33.2 Å². The van der Waals surface area contributed by atoms with E-state index in [-0.39, 0.29) is 17.2 Å². The molecule has 198 valence electrons. The summed E-state index contributed by atoms with van der Waals surface area (Å²) in [5.74, 6) is 2.64. The number of carbonyl (C=O) groups excluding carboxylic acids is 1. The van der Waals surface area contributed by atoms with Gasteiger partial charge in [-0.15, -0.1) is 0 Å². The van der Waals surface area contributed by atoms with E-state index >= 15 is 0 Å². The van der Waals surface area contributed by atoms with E-state index in [4.69, 9.17) is 4.98 Å². The second-order valence-corrected chi connectivity index (χ2v) is 14.3. The first-order valence-corrected chi connectivity index (χ1v) is 15.6. The second kappa shape index (κ2) is 9.07. The molecule has 1 N–H and O–H groups in total. The van der Waals surface area contributed by atoms with Crippen LogP contribution in [0.4, 0.5) is 17.5 Å². The highest BCUT2D eigenvalue weighted by molar-refractivity contribution is 7.92. The molecule has 1 aromatic heterocycles. The lowest BCUT2D eigenvalue weighted by Crippen LogP contribution is -2.39. The molecule has 1 amide bonds. The van der Waals surface area contributed by atoms with Crippen LogP contribution in [0.3, 0.4) is 0 Å². The third-order valence-corrected chi connectivity index (χ3v) is 11.7. The molecule has 3 saturated carbocycles. The van der Waals surface area contributed by atoms with E-state index in [1.165, 1.54) is 0 Å². The average molecular weight is 523 g/mol. The molecule has 0 unspecified atom stereocenters. The van der Waals surface area contributed by atoms with Crippen LogP contribution in [0.15, 0.2) is 29.3 Å². The number of aromatic nitrogens is 2. The van der Waals surface area contributed by atoms with E-state index in [1.807, 2.05) is 24.1 Å². The van der Waals surface area contributed by atoms with E-state index in [0.717, 1.165) is 86.8 Å². The van der Waals surface area contributed by atoms with Gasteiger partial charge in [0.15, 0.2) is 9.84 Å². The van der Waals surface area contributed by atoms with Crippen LogP contribution in [-0.2, 0) is 20.0 Å². The number of fused-ring (bicyclic) bond motifs is 2. The van der Waals surface area contributed by atoms with Crippen LogP contribution in [0.1, 0.15) is 89.2 Å². The first-order valence-electron chi connectivity index (χ1n) is 14.0. The Morgan fingerprint density at radius 3 is 2.38 bits per heavy atom. The number of hydrogen-bond donors (Lipinski definition) is 1. The molecule has 3 aliphatic carbocycles. The Kier molecular flexibility index (Phi) is 6.09. The summed E-state index contributed by atoms with van der Waals surface area (Å²) in [5.41, 5.74) is 2.19. The van der Waals surface area contributed by atoms with Gasteiger partial charge in [0.25, 0.3) is 0 Å². The molecule has 1 aromatic carbocycles. The Labute approximate surface area is 220 Å². The van der Waals surface area contributed by atoms with Crippen LogP contribution in [0, 0.1) is 18.8 Å². The van der Waals surface area contributed by atoms with Gasteiger partial charge in [0.1, 0.15) is 5.82 Å².